The predicted octanol–water partition coefficient (Wildman–Crippen LogP) is 3.44. The average Bonchev–Trinajstić information content (AvgIpc) is 2.57. The molecule has 0 aliphatic carbocycles. The van der Waals surface area contributed by atoms with E-state index in [1.807, 2.05) is 37.3 Å². The number of carbonyl (C=O) groups is 1. The van der Waals surface area contributed by atoms with E-state index in [4.69, 9.17) is 4.74 Å². The Morgan fingerprint density at radius 1 is 1.17 bits per heavy atom. The third-order valence-corrected chi connectivity index (χ3v) is 3.32. The van der Waals surface area contributed by atoms with Gasteiger partial charge < -0.3 is 15.0 Å². The standard InChI is InChI=1S/C18H21FN2O2/c1-2-21(14-15-7-6-8-16(19)13-15)18(22)20-11-12-23-17-9-4-3-5-10-17/h3-10,13H,2,11-12,14H2,1H3,(H,20,22). The molecule has 23 heavy (non-hydrogen) atoms. The van der Waals surface area contributed by atoms with Crippen LogP contribution in [0, 0.1) is 5.82 Å². The van der Waals surface area contributed by atoms with Gasteiger partial charge in [-0.15, -0.1) is 0 Å². The zero-order chi connectivity index (χ0) is 16.5. The Balaban J connectivity index is 1.76. The molecule has 2 aromatic rings. The third-order valence-electron chi connectivity index (χ3n) is 3.32. The first-order valence-electron chi connectivity index (χ1n) is 7.64. The molecular weight excluding hydrogens is 295 g/mol. The number of urea groups is 1. The fourth-order valence-corrected chi connectivity index (χ4v) is 2.14. The molecule has 0 unspecified atom stereocenters. The molecule has 2 amide bonds. The summed E-state index contributed by atoms with van der Waals surface area (Å²) in [6, 6.07) is 15.5. The molecule has 0 bridgehead atoms. The minimum atomic E-state index is -0.296. The molecule has 0 heterocycles. The summed E-state index contributed by atoms with van der Waals surface area (Å²) in [6.07, 6.45) is 0. The van der Waals surface area contributed by atoms with E-state index in [0.717, 1.165) is 11.3 Å². The van der Waals surface area contributed by atoms with Crippen LogP contribution in [-0.4, -0.2) is 30.6 Å². The molecular formula is C18H21FN2O2. The first kappa shape index (κ1) is 16.8. The van der Waals surface area contributed by atoms with Crippen molar-refractivity contribution >= 4 is 6.03 Å². The summed E-state index contributed by atoms with van der Waals surface area (Å²) >= 11 is 0. The van der Waals surface area contributed by atoms with E-state index >= 15 is 0 Å². The molecule has 1 N–H and O–H groups in total. The normalized spacial score (nSPS) is 10.2. The number of benzene rings is 2. The Morgan fingerprint density at radius 2 is 1.96 bits per heavy atom. The van der Waals surface area contributed by atoms with Crippen molar-refractivity contribution in [2.45, 2.75) is 13.5 Å². The van der Waals surface area contributed by atoms with E-state index in [-0.39, 0.29) is 11.8 Å². The van der Waals surface area contributed by atoms with E-state index in [1.54, 1.807) is 17.0 Å². The van der Waals surface area contributed by atoms with Gasteiger partial charge in [-0.1, -0.05) is 30.3 Å². The molecule has 0 radical (unpaired) electrons. The van der Waals surface area contributed by atoms with Crippen LogP contribution in [0.5, 0.6) is 5.75 Å². The second kappa shape index (κ2) is 8.78. The average molecular weight is 316 g/mol. The highest BCUT2D eigenvalue weighted by Crippen LogP contribution is 2.08. The highest BCUT2D eigenvalue weighted by atomic mass is 19.1. The van der Waals surface area contributed by atoms with Crippen LogP contribution in [0.3, 0.4) is 0 Å². The molecule has 5 heteroatoms. The van der Waals surface area contributed by atoms with Crippen LogP contribution >= 0.6 is 0 Å². The highest BCUT2D eigenvalue weighted by Gasteiger charge is 2.11. The van der Waals surface area contributed by atoms with Crippen LogP contribution in [0.25, 0.3) is 0 Å². The van der Waals surface area contributed by atoms with Crippen molar-refractivity contribution in [3.63, 3.8) is 0 Å². The van der Waals surface area contributed by atoms with Crippen LogP contribution in [0.4, 0.5) is 9.18 Å². The number of carbonyl (C=O) groups excluding carboxylic acids is 1. The third kappa shape index (κ3) is 5.62. The van der Waals surface area contributed by atoms with Gasteiger partial charge in [0, 0.05) is 13.1 Å². The van der Waals surface area contributed by atoms with E-state index in [9.17, 15) is 9.18 Å². The zero-order valence-electron chi connectivity index (χ0n) is 13.2. The molecule has 0 aliphatic heterocycles. The lowest BCUT2D eigenvalue weighted by Crippen LogP contribution is -2.41. The number of nitrogens with one attached hydrogen (secondary N) is 1. The fourth-order valence-electron chi connectivity index (χ4n) is 2.14. The second-order valence-corrected chi connectivity index (χ2v) is 5.04. The van der Waals surface area contributed by atoms with Crippen molar-refractivity contribution in [2.24, 2.45) is 0 Å². The number of rotatable bonds is 7. The van der Waals surface area contributed by atoms with Crippen molar-refractivity contribution in [3.05, 3.63) is 66.0 Å². The second-order valence-electron chi connectivity index (χ2n) is 5.04. The van der Waals surface area contributed by atoms with Crippen LogP contribution < -0.4 is 10.1 Å². The SMILES string of the molecule is CCN(Cc1cccc(F)c1)C(=O)NCCOc1ccccc1. The number of para-hydroxylation sites is 1. The smallest absolute Gasteiger partial charge is 0.317 e. The van der Waals surface area contributed by atoms with Gasteiger partial charge in [0.25, 0.3) is 0 Å². The summed E-state index contributed by atoms with van der Waals surface area (Å²) in [5.74, 6) is 0.476. The quantitative estimate of drug-likeness (QED) is 0.795. The minimum Gasteiger partial charge on any atom is -0.492 e. The van der Waals surface area contributed by atoms with Crippen LogP contribution in [-0.2, 0) is 6.54 Å². The van der Waals surface area contributed by atoms with Crippen molar-refractivity contribution < 1.29 is 13.9 Å². The first-order valence-corrected chi connectivity index (χ1v) is 7.64. The summed E-state index contributed by atoms with van der Waals surface area (Å²) in [5, 5.41) is 2.81. The Kier molecular flexibility index (Phi) is 6.41. The molecule has 0 aromatic heterocycles. The molecule has 0 atom stereocenters. The zero-order valence-corrected chi connectivity index (χ0v) is 13.2. The van der Waals surface area contributed by atoms with E-state index in [1.165, 1.54) is 12.1 Å². The van der Waals surface area contributed by atoms with Crippen molar-refractivity contribution in [2.75, 3.05) is 19.7 Å². The number of nitrogens with zero attached hydrogens (tertiary/aromatic N) is 1. The molecule has 0 spiro atoms. The van der Waals surface area contributed by atoms with Gasteiger partial charge in [-0.25, -0.2) is 9.18 Å². The van der Waals surface area contributed by atoms with E-state index in [2.05, 4.69) is 5.32 Å². The molecule has 0 fully saturated rings. The van der Waals surface area contributed by atoms with Crippen LogP contribution in [0.1, 0.15) is 12.5 Å². The van der Waals surface area contributed by atoms with E-state index in [0.29, 0.717) is 26.2 Å². The molecule has 0 saturated carbocycles. The van der Waals surface area contributed by atoms with Gasteiger partial charge in [0.05, 0.1) is 6.54 Å². The Bertz CT molecular complexity index is 619. The van der Waals surface area contributed by atoms with Gasteiger partial charge in [0.2, 0.25) is 0 Å². The number of halogens is 1. The Morgan fingerprint density at radius 3 is 2.65 bits per heavy atom. The van der Waals surface area contributed by atoms with Crippen molar-refractivity contribution in [1.29, 1.82) is 0 Å². The summed E-state index contributed by atoms with van der Waals surface area (Å²) < 4.78 is 18.7. The number of amides is 2. The van der Waals surface area contributed by atoms with Gasteiger partial charge in [-0.05, 0) is 36.8 Å². The lowest BCUT2D eigenvalue weighted by atomic mass is 10.2. The lowest BCUT2D eigenvalue weighted by Gasteiger charge is -2.21. The Labute approximate surface area is 135 Å². The molecule has 0 aliphatic rings. The van der Waals surface area contributed by atoms with Crippen molar-refractivity contribution in [1.82, 2.24) is 10.2 Å². The van der Waals surface area contributed by atoms with Gasteiger partial charge >= 0.3 is 6.03 Å². The van der Waals surface area contributed by atoms with E-state index < -0.39 is 0 Å². The summed E-state index contributed by atoms with van der Waals surface area (Å²) in [7, 11) is 0. The molecule has 122 valence electrons. The van der Waals surface area contributed by atoms with Gasteiger partial charge in [-0.3, -0.25) is 0 Å². The highest BCUT2D eigenvalue weighted by molar-refractivity contribution is 5.74. The Hall–Kier alpha value is -2.56. The fraction of sp³-hybridized carbons (Fsp3) is 0.278. The van der Waals surface area contributed by atoms with Crippen LogP contribution in [0.15, 0.2) is 54.6 Å². The first-order chi connectivity index (χ1) is 11.2. The van der Waals surface area contributed by atoms with Crippen molar-refractivity contribution in [3.8, 4) is 5.75 Å². The lowest BCUT2D eigenvalue weighted by molar-refractivity contribution is 0.195. The maximum atomic E-state index is 13.2. The maximum absolute atomic E-state index is 13.2. The minimum absolute atomic E-state index is 0.187. The monoisotopic (exact) mass is 316 g/mol. The maximum Gasteiger partial charge on any atom is 0.317 e. The van der Waals surface area contributed by atoms with Crippen LogP contribution in [0.2, 0.25) is 0 Å². The van der Waals surface area contributed by atoms with Gasteiger partial charge in [0.1, 0.15) is 18.2 Å². The summed E-state index contributed by atoms with van der Waals surface area (Å²) in [5.41, 5.74) is 0.766. The number of hydrogen-bond acceptors (Lipinski definition) is 2. The van der Waals surface area contributed by atoms with Gasteiger partial charge in [-0.2, -0.15) is 0 Å². The predicted molar refractivity (Wildman–Crippen MR) is 87.8 cm³/mol. The largest absolute Gasteiger partial charge is 0.492 e. The molecule has 2 rings (SSSR count). The summed E-state index contributed by atoms with van der Waals surface area (Å²) in [4.78, 5) is 13.8. The summed E-state index contributed by atoms with van der Waals surface area (Å²) in [6.45, 7) is 3.61. The number of ether oxygens (including phenoxy) is 1. The topological polar surface area (TPSA) is 41.6 Å². The molecule has 2 aromatic carbocycles. The molecule has 4 nitrogen and oxygen atoms in total. The molecule has 0 saturated heterocycles. The van der Waals surface area contributed by atoms with Gasteiger partial charge in [0.15, 0.2) is 0 Å². The number of hydrogen-bond donors (Lipinski definition) is 1.